The number of carbonyl (C=O) groups is 1. The van der Waals surface area contributed by atoms with Crippen LogP contribution >= 0.6 is 0 Å². The molecule has 0 unspecified atom stereocenters. The second-order valence-corrected chi connectivity index (χ2v) is 7.41. The second kappa shape index (κ2) is 9.49. The molecule has 2 aromatic heterocycles. The molecule has 0 saturated carbocycles. The summed E-state index contributed by atoms with van der Waals surface area (Å²) in [5, 5.41) is 11.7. The molecule has 4 rings (SSSR count). The summed E-state index contributed by atoms with van der Waals surface area (Å²) >= 11 is 0. The van der Waals surface area contributed by atoms with Gasteiger partial charge in [-0.05, 0) is 35.9 Å². The van der Waals surface area contributed by atoms with Crippen LogP contribution < -0.4 is 16.0 Å². The van der Waals surface area contributed by atoms with Crippen molar-refractivity contribution in [2.45, 2.75) is 12.5 Å². The summed E-state index contributed by atoms with van der Waals surface area (Å²) in [4.78, 5) is 46.8. The minimum absolute atomic E-state index is 0.198. The van der Waals surface area contributed by atoms with E-state index in [0.717, 1.165) is 27.2 Å². The molecule has 1 atom stereocenters. The molecule has 0 saturated heterocycles. The Balaban J connectivity index is 1.71. The van der Waals surface area contributed by atoms with Gasteiger partial charge in [0, 0.05) is 29.7 Å². The first-order valence-corrected chi connectivity index (χ1v) is 10.3. The van der Waals surface area contributed by atoms with Gasteiger partial charge in [-0.1, -0.05) is 18.2 Å². The fourth-order valence-electron chi connectivity index (χ4n) is 3.63. The van der Waals surface area contributed by atoms with Crippen molar-refractivity contribution in [1.82, 2.24) is 14.5 Å². The van der Waals surface area contributed by atoms with E-state index in [2.05, 4.69) is 15.0 Å². The van der Waals surface area contributed by atoms with Crippen LogP contribution in [0.25, 0.3) is 16.6 Å². The Labute approximate surface area is 193 Å². The van der Waals surface area contributed by atoms with Gasteiger partial charge in [-0.25, -0.2) is 14.2 Å². The number of fused-ring (bicyclic) bond motifs is 1. The molecule has 2 aromatic carbocycles. The number of hydrogen-bond acceptors (Lipinski definition) is 7. The van der Waals surface area contributed by atoms with E-state index in [1.807, 2.05) is 24.3 Å². The minimum Gasteiger partial charge on any atom is -0.497 e. The maximum absolute atomic E-state index is 12.4. The van der Waals surface area contributed by atoms with Crippen LogP contribution in [0.3, 0.4) is 0 Å². The van der Waals surface area contributed by atoms with E-state index in [-0.39, 0.29) is 12.0 Å². The highest BCUT2D eigenvalue weighted by Crippen LogP contribution is 2.21. The number of H-pyrrole nitrogens is 2. The van der Waals surface area contributed by atoms with Crippen LogP contribution in [-0.4, -0.2) is 52.1 Å². The number of esters is 1. The van der Waals surface area contributed by atoms with E-state index in [1.165, 1.54) is 14.2 Å². The molecule has 0 aliphatic carbocycles. The standard InChI is InChI=1S/C24H22N4O6/c1-33-16-9-7-15(8-10-16)28-22(30)18(21(29)27-24(28)32)13-26-20(23(31)34-2)11-14-12-25-19-6-4-3-5-17(14)19/h3-10,12-13,20,25,30H,11H2,1-2H3,(H,27,29,32)/t20-/m1/s1. The molecule has 0 amide bonds. The Morgan fingerprint density at radius 2 is 1.88 bits per heavy atom. The van der Waals surface area contributed by atoms with Crippen LogP contribution in [0.1, 0.15) is 11.1 Å². The fourth-order valence-corrected chi connectivity index (χ4v) is 3.63. The lowest BCUT2D eigenvalue weighted by atomic mass is 10.1. The average molecular weight is 462 g/mol. The molecule has 0 aliphatic heterocycles. The zero-order valence-electron chi connectivity index (χ0n) is 18.4. The molecule has 174 valence electrons. The highest BCUT2D eigenvalue weighted by molar-refractivity contribution is 5.87. The number of ether oxygens (including phenoxy) is 2. The zero-order chi connectivity index (χ0) is 24.2. The molecule has 0 radical (unpaired) electrons. The molecule has 0 spiro atoms. The van der Waals surface area contributed by atoms with E-state index >= 15 is 0 Å². The summed E-state index contributed by atoms with van der Waals surface area (Å²) in [6, 6.07) is 12.9. The van der Waals surface area contributed by atoms with Crippen molar-refractivity contribution in [3.8, 4) is 17.3 Å². The Bertz CT molecular complexity index is 1480. The van der Waals surface area contributed by atoms with Crippen LogP contribution in [0.15, 0.2) is 69.3 Å². The first-order chi connectivity index (χ1) is 16.4. The predicted molar refractivity (Wildman–Crippen MR) is 126 cm³/mol. The monoisotopic (exact) mass is 462 g/mol. The number of carbonyl (C=O) groups excluding carboxylic acids is 1. The fraction of sp³-hybridized carbons (Fsp3) is 0.167. The summed E-state index contributed by atoms with van der Waals surface area (Å²) < 4.78 is 10.9. The van der Waals surface area contributed by atoms with E-state index in [9.17, 15) is 19.5 Å². The highest BCUT2D eigenvalue weighted by Gasteiger charge is 2.21. The molecule has 10 heteroatoms. The summed E-state index contributed by atoms with van der Waals surface area (Å²) in [6.07, 6.45) is 3.05. The molecule has 0 fully saturated rings. The Hall–Kier alpha value is -4.60. The van der Waals surface area contributed by atoms with Crippen molar-refractivity contribution in [2.75, 3.05) is 14.2 Å². The molecule has 2 heterocycles. The number of aromatic hydroxyl groups is 1. The second-order valence-electron chi connectivity index (χ2n) is 7.41. The quantitative estimate of drug-likeness (QED) is 0.283. The molecular formula is C24H22N4O6. The number of aliphatic imine (C=N–C) groups is 1. The molecule has 10 nitrogen and oxygen atoms in total. The molecule has 3 N–H and O–H groups in total. The van der Waals surface area contributed by atoms with Crippen molar-refractivity contribution in [1.29, 1.82) is 0 Å². The molecule has 4 aromatic rings. The maximum atomic E-state index is 12.4. The lowest BCUT2D eigenvalue weighted by Crippen LogP contribution is -2.31. The van der Waals surface area contributed by atoms with Gasteiger partial charge in [-0.15, -0.1) is 0 Å². The number of benzene rings is 2. The van der Waals surface area contributed by atoms with E-state index in [1.54, 1.807) is 30.5 Å². The zero-order valence-corrected chi connectivity index (χ0v) is 18.4. The van der Waals surface area contributed by atoms with Gasteiger partial charge < -0.3 is 19.6 Å². The van der Waals surface area contributed by atoms with E-state index in [0.29, 0.717) is 11.4 Å². The van der Waals surface area contributed by atoms with Gasteiger partial charge in [0.25, 0.3) is 5.56 Å². The first-order valence-electron chi connectivity index (χ1n) is 10.3. The largest absolute Gasteiger partial charge is 0.497 e. The lowest BCUT2D eigenvalue weighted by molar-refractivity contribution is -0.142. The molecule has 0 bridgehead atoms. The van der Waals surface area contributed by atoms with E-state index in [4.69, 9.17) is 9.47 Å². The van der Waals surface area contributed by atoms with Gasteiger partial charge in [0.2, 0.25) is 5.88 Å². The number of hydrogen-bond donors (Lipinski definition) is 3. The topological polar surface area (TPSA) is 139 Å². The number of aromatic nitrogens is 3. The third-order valence-electron chi connectivity index (χ3n) is 5.40. The summed E-state index contributed by atoms with van der Waals surface area (Å²) in [5.41, 5.74) is 0.107. The van der Waals surface area contributed by atoms with E-state index < -0.39 is 29.1 Å². The van der Waals surface area contributed by atoms with Crippen molar-refractivity contribution in [3.63, 3.8) is 0 Å². The average Bonchev–Trinajstić information content (AvgIpc) is 3.25. The van der Waals surface area contributed by atoms with Crippen LogP contribution in [0.5, 0.6) is 11.6 Å². The normalized spacial score (nSPS) is 12.2. The van der Waals surface area contributed by atoms with Crippen LogP contribution in [0.4, 0.5) is 0 Å². The molecule has 34 heavy (non-hydrogen) atoms. The van der Waals surface area contributed by atoms with Gasteiger partial charge in [0.15, 0.2) is 6.04 Å². The maximum Gasteiger partial charge on any atom is 0.335 e. The number of nitrogens with zero attached hydrogens (tertiary/aromatic N) is 2. The first kappa shape index (κ1) is 22.6. The predicted octanol–water partition coefficient (Wildman–Crippen LogP) is 1.92. The summed E-state index contributed by atoms with van der Waals surface area (Å²) in [6.45, 7) is 0. The number of nitrogens with one attached hydrogen (secondary N) is 2. The number of aromatic amines is 2. The van der Waals surface area contributed by atoms with Crippen LogP contribution in [-0.2, 0) is 16.0 Å². The summed E-state index contributed by atoms with van der Waals surface area (Å²) in [5.74, 6) is -0.667. The van der Waals surface area contributed by atoms with Gasteiger partial charge >= 0.3 is 11.7 Å². The Kier molecular flexibility index (Phi) is 6.30. The van der Waals surface area contributed by atoms with Gasteiger partial charge in [-0.3, -0.25) is 14.8 Å². The van der Waals surface area contributed by atoms with Crippen molar-refractivity contribution < 1.29 is 19.4 Å². The SMILES string of the molecule is COC(=O)[C@@H](Cc1c[nH]c2ccccc12)N=Cc1c(O)n(-c2ccc(OC)cc2)c(=O)[nH]c1=O. The lowest BCUT2D eigenvalue weighted by Gasteiger charge is -2.12. The van der Waals surface area contributed by atoms with Crippen LogP contribution in [0, 0.1) is 0 Å². The third-order valence-corrected chi connectivity index (χ3v) is 5.40. The highest BCUT2D eigenvalue weighted by atomic mass is 16.5. The van der Waals surface area contributed by atoms with Crippen molar-refractivity contribution in [2.24, 2.45) is 4.99 Å². The number of rotatable bonds is 7. The van der Waals surface area contributed by atoms with Gasteiger partial charge in [0.1, 0.15) is 11.3 Å². The van der Waals surface area contributed by atoms with Crippen molar-refractivity contribution in [3.05, 3.63) is 86.7 Å². The van der Waals surface area contributed by atoms with Crippen molar-refractivity contribution >= 4 is 23.1 Å². The smallest absolute Gasteiger partial charge is 0.335 e. The summed E-state index contributed by atoms with van der Waals surface area (Å²) in [7, 11) is 2.75. The third kappa shape index (κ3) is 4.33. The van der Waals surface area contributed by atoms with Gasteiger partial charge in [-0.2, -0.15) is 0 Å². The van der Waals surface area contributed by atoms with Crippen LogP contribution in [0.2, 0.25) is 0 Å². The number of methoxy groups -OCH3 is 2. The minimum atomic E-state index is -0.982. The molecule has 0 aliphatic rings. The Morgan fingerprint density at radius 1 is 1.15 bits per heavy atom. The number of para-hydroxylation sites is 1. The Morgan fingerprint density at radius 3 is 2.59 bits per heavy atom. The molecular weight excluding hydrogens is 440 g/mol. The van der Waals surface area contributed by atoms with Gasteiger partial charge in [0.05, 0.1) is 19.9 Å².